The molecule has 0 amide bonds. The molecule has 0 N–H and O–H groups in total. The zero-order chi connectivity index (χ0) is 15.7. The van der Waals surface area contributed by atoms with Crippen LogP contribution in [0.4, 0.5) is 11.5 Å². The topological polar surface area (TPSA) is 76.3 Å². The number of nitro groups is 1. The van der Waals surface area contributed by atoms with E-state index in [-0.39, 0.29) is 11.6 Å². The lowest BCUT2D eigenvalue weighted by atomic mass is 9.56. The van der Waals surface area contributed by atoms with Gasteiger partial charge in [0, 0.05) is 31.5 Å². The zero-order valence-corrected chi connectivity index (χ0v) is 12.8. The number of hydrogen-bond acceptors (Lipinski definition) is 5. The smallest absolute Gasteiger partial charge is 0.287 e. The number of carbonyl (C=O) groups is 1. The van der Waals surface area contributed by atoms with Gasteiger partial charge >= 0.3 is 0 Å². The van der Waals surface area contributed by atoms with Crippen molar-refractivity contribution in [1.29, 1.82) is 0 Å². The summed E-state index contributed by atoms with van der Waals surface area (Å²) in [6.45, 7) is 3.77. The van der Waals surface area contributed by atoms with E-state index >= 15 is 0 Å². The molecule has 1 aromatic heterocycles. The molecule has 0 aromatic carbocycles. The number of nitrogens with zero attached hydrogens (tertiary/aromatic N) is 3. The molecule has 2 fully saturated rings. The largest absolute Gasteiger partial charge is 0.357 e. The Balaban J connectivity index is 1.56. The van der Waals surface area contributed by atoms with Crippen molar-refractivity contribution in [2.75, 3.05) is 18.0 Å². The van der Waals surface area contributed by atoms with Crippen LogP contribution in [0.1, 0.15) is 39.0 Å². The summed E-state index contributed by atoms with van der Waals surface area (Å²) < 4.78 is 0. The molecule has 22 heavy (non-hydrogen) atoms. The Hall–Kier alpha value is -1.98. The van der Waals surface area contributed by atoms with E-state index in [0.717, 1.165) is 44.6 Å². The van der Waals surface area contributed by atoms with Crippen LogP contribution >= 0.6 is 0 Å². The molecule has 1 aromatic rings. The van der Waals surface area contributed by atoms with Gasteiger partial charge in [0.05, 0.1) is 4.92 Å². The van der Waals surface area contributed by atoms with Gasteiger partial charge in [-0.1, -0.05) is 6.92 Å². The van der Waals surface area contributed by atoms with Crippen molar-refractivity contribution in [2.24, 2.45) is 11.3 Å². The fourth-order valence-electron chi connectivity index (χ4n) is 3.79. The summed E-state index contributed by atoms with van der Waals surface area (Å²) in [5.74, 6) is 1.50. The van der Waals surface area contributed by atoms with Crippen molar-refractivity contribution in [3.05, 3.63) is 28.4 Å². The second-order valence-electron chi connectivity index (χ2n) is 6.54. The van der Waals surface area contributed by atoms with Gasteiger partial charge in [-0.25, -0.2) is 4.98 Å². The standard InChI is InChI=1S/C16H21N3O3/c1-2-14(20)12-9-16(10-12)5-7-18(8-6-16)15-4-3-13(11-17-15)19(21)22/h3-4,11-12H,2,5-10H2,1H3. The molecule has 0 bridgehead atoms. The third-order valence-corrected chi connectivity index (χ3v) is 5.25. The number of piperidine rings is 1. The van der Waals surface area contributed by atoms with Gasteiger partial charge in [-0.3, -0.25) is 14.9 Å². The van der Waals surface area contributed by atoms with Crippen LogP contribution in [-0.4, -0.2) is 28.8 Å². The summed E-state index contributed by atoms with van der Waals surface area (Å²) in [5.41, 5.74) is 0.379. The van der Waals surface area contributed by atoms with Crippen LogP contribution < -0.4 is 4.90 Å². The summed E-state index contributed by atoms with van der Waals surface area (Å²) in [7, 11) is 0. The number of rotatable bonds is 4. The van der Waals surface area contributed by atoms with E-state index in [0.29, 0.717) is 17.6 Å². The highest BCUT2D eigenvalue weighted by molar-refractivity contribution is 5.81. The Morgan fingerprint density at radius 3 is 2.59 bits per heavy atom. The number of ketones is 1. The van der Waals surface area contributed by atoms with Gasteiger partial charge in [0.25, 0.3) is 5.69 Å². The van der Waals surface area contributed by atoms with Gasteiger partial charge in [-0.15, -0.1) is 0 Å². The van der Waals surface area contributed by atoms with Crippen LogP contribution in [0.15, 0.2) is 18.3 Å². The van der Waals surface area contributed by atoms with E-state index in [1.807, 2.05) is 6.92 Å². The lowest BCUT2D eigenvalue weighted by Crippen LogP contribution is -2.49. The average Bonchev–Trinajstić information content (AvgIpc) is 2.52. The predicted octanol–water partition coefficient (Wildman–Crippen LogP) is 2.97. The number of hydrogen-bond donors (Lipinski definition) is 0. The third kappa shape index (κ3) is 2.69. The summed E-state index contributed by atoms with van der Waals surface area (Å²) in [4.78, 5) is 28.3. The molecule has 118 valence electrons. The number of aromatic nitrogens is 1. The second kappa shape index (κ2) is 5.66. The van der Waals surface area contributed by atoms with Crippen molar-refractivity contribution in [3.63, 3.8) is 0 Å². The first kappa shape index (κ1) is 14.9. The first-order chi connectivity index (χ1) is 10.5. The van der Waals surface area contributed by atoms with Crippen LogP contribution in [0.3, 0.4) is 0 Å². The molecule has 0 atom stereocenters. The zero-order valence-electron chi connectivity index (χ0n) is 12.8. The Labute approximate surface area is 129 Å². The quantitative estimate of drug-likeness (QED) is 0.631. The molecular formula is C16H21N3O3. The lowest BCUT2D eigenvalue weighted by molar-refractivity contribution is -0.385. The highest BCUT2D eigenvalue weighted by atomic mass is 16.6. The summed E-state index contributed by atoms with van der Waals surface area (Å²) >= 11 is 0. The van der Waals surface area contributed by atoms with E-state index in [2.05, 4.69) is 9.88 Å². The third-order valence-electron chi connectivity index (χ3n) is 5.25. The van der Waals surface area contributed by atoms with Crippen LogP contribution in [0.25, 0.3) is 0 Å². The Kier molecular flexibility index (Phi) is 3.85. The van der Waals surface area contributed by atoms with Crippen molar-refractivity contribution in [1.82, 2.24) is 4.98 Å². The maximum atomic E-state index is 11.7. The summed E-state index contributed by atoms with van der Waals surface area (Å²) in [5, 5.41) is 10.7. The SMILES string of the molecule is CCC(=O)C1CC2(CCN(c3ccc([N+](=O)[O-])cn3)CC2)C1. The predicted molar refractivity (Wildman–Crippen MR) is 82.8 cm³/mol. The van der Waals surface area contributed by atoms with Crippen molar-refractivity contribution in [3.8, 4) is 0 Å². The fourth-order valence-corrected chi connectivity index (χ4v) is 3.79. The molecule has 6 heteroatoms. The average molecular weight is 303 g/mol. The molecule has 1 aliphatic heterocycles. The lowest BCUT2D eigenvalue weighted by Gasteiger charge is -2.52. The van der Waals surface area contributed by atoms with Crippen molar-refractivity contribution < 1.29 is 9.72 Å². The first-order valence-corrected chi connectivity index (χ1v) is 7.91. The molecule has 1 aliphatic carbocycles. The van der Waals surface area contributed by atoms with Crippen LogP contribution in [0.5, 0.6) is 0 Å². The molecule has 0 radical (unpaired) electrons. The maximum Gasteiger partial charge on any atom is 0.287 e. The molecule has 2 heterocycles. The van der Waals surface area contributed by atoms with Gasteiger partial charge < -0.3 is 4.90 Å². The van der Waals surface area contributed by atoms with Crippen LogP contribution in [0.2, 0.25) is 0 Å². The number of anilines is 1. The monoisotopic (exact) mass is 303 g/mol. The molecular weight excluding hydrogens is 282 g/mol. The molecule has 1 saturated carbocycles. The summed E-state index contributed by atoms with van der Waals surface area (Å²) in [6.07, 6.45) is 6.22. The first-order valence-electron chi connectivity index (χ1n) is 7.91. The minimum atomic E-state index is -0.429. The molecule has 0 unspecified atom stereocenters. The molecule has 2 aliphatic rings. The van der Waals surface area contributed by atoms with Gasteiger partial charge in [0.1, 0.15) is 17.8 Å². The summed E-state index contributed by atoms with van der Waals surface area (Å²) in [6, 6.07) is 3.23. The van der Waals surface area contributed by atoms with Gasteiger partial charge in [0.2, 0.25) is 0 Å². The Morgan fingerprint density at radius 2 is 2.09 bits per heavy atom. The highest BCUT2D eigenvalue weighted by Gasteiger charge is 2.47. The van der Waals surface area contributed by atoms with Crippen molar-refractivity contribution >= 4 is 17.3 Å². The Bertz CT molecular complexity index is 569. The minimum absolute atomic E-state index is 0.0251. The van der Waals surface area contributed by atoms with E-state index < -0.39 is 4.92 Å². The second-order valence-corrected chi connectivity index (χ2v) is 6.54. The molecule has 6 nitrogen and oxygen atoms in total. The minimum Gasteiger partial charge on any atom is -0.357 e. The van der Waals surface area contributed by atoms with Crippen LogP contribution in [-0.2, 0) is 4.79 Å². The van der Waals surface area contributed by atoms with E-state index in [1.54, 1.807) is 6.07 Å². The van der Waals surface area contributed by atoms with Gasteiger partial charge in [-0.05, 0) is 37.2 Å². The molecule has 1 saturated heterocycles. The normalized spacial score (nSPS) is 20.7. The Morgan fingerprint density at radius 1 is 1.41 bits per heavy atom. The molecule has 1 spiro atoms. The number of pyridine rings is 1. The maximum absolute atomic E-state index is 11.7. The van der Waals surface area contributed by atoms with E-state index in [1.165, 1.54) is 12.3 Å². The number of Topliss-reactive ketones (excluding diaryl/α,β-unsaturated/α-hetero) is 1. The number of carbonyl (C=O) groups excluding carboxylic acids is 1. The fraction of sp³-hybridized carbons (Fsp3) is 0.625. The van der Waals surface area contributed by atoms with Crippen molar-refractivity contribution in [2.45, 2.75) is 39.0 Å². The van der Waals surface area contributed by atoms with Gasteiger partial charge in [-0.2, -0.15) is 0 Å². The van der Waals surface area contributed by atoms with E-state index in [9.17, 15) is 14.9 Å². The highest BCUT2D eigenvalue weighted by Crippen LogP contribution is 2.53. The van der Waals surface area contributed by atoms with Gasteiger partial charge in [0.15, 0.2) is 0 Å². The van der Waals surface area contributed by atoms with E-state index in [4.69, 9.17) is 0 Å². The molecule has 3 rings (SSSR count). The van der Waals surface area contributed by atoms with Crippen LogP contribution in [0, 0.1) is 21.4 Å².